The number of nitrogens with one attached hydrogen (secondary N) is 1. The highest BCUT2D eigenvalue weighted by Gasteiger charge is 2.19. The van der Waals surface area contributed by atoms with Gasteiger partial charge in [-0.2, -0.15) is 5.10 Å². The van der Waals surface area contributed by atoms with Crippen LogP contribution in [0, 0.1) is 0 Å². The van der Waals surface area contributed by atoms with Crippen molar-refractivity contribution in [2.24, 2.45) is 0 Å². The van der Waals surface area contributed by atoms with Crippen molar-refractivity contribution >= 4 is 23.0 Å². The third-order valence-electron chi connectivity index (χ3n) is 6.05. The summed E-state index contributed by atoms with van der Waals surface area (Å²) in [6.07, 6.45) is 3.96. The molecule has 0 saturated carbocycles. The largest absolute Gasteiger partial charge is 0.378 e. The third kappa shape index (κ3) is 5.18. The van der Waals surface area contributed by atoms with Crippen molar-refractivity contribution in [2.45, 2.75) is 6.42 Å². The van der Waals surface area contributed by atoms with Crippen molar-refractivity contribution in [3.05, 3.63) is 66.5 Å². The van der Waals surface area contributed by atoms with Gasteiger partial charge >= 0.3 is 0 Å². The number of anilines is 3. The molecule has 0 atom stereocenters. The fourth-order valence-electron chi connectivity index (χ4n) is 4.28. The first-order chi connectivity index (χ1) is 16.3. The van der Waals surface area contributed by atoms with Crippen LogP contribution in [0.25, 0.3) is 5.69 Å². The van der Waals surface area contributed by atoms with Crippen LogP contribution >= 0.6 is 0 Å². The van der Waals surface area contributed by atoms with Crippen molar-refractivity contribution < 1.29 is 14.3 Å². The Balaban J connectivity index is 1.31. The van der Waals surface area contributed by atoms with Crippen molar-refractivity contribution in [3.63, 3.8) is 0 Å². The summed E-state index contributed by atoms with van der Waals surface area (Å²) in [5.41, 5.74) is 4.97. The van der Waals surface area contributed by atoms with E-state index in [2.05, 4.69) is 32.3 Å². The Morgan fingerprint density at radius 3 is 2.21 bits per heavy atom. The van der Waals surface area contributed by atoms with Crippen LogP contribution in [0.15, 0.2) is 60.9 Å². The fraction of sp³-hybridized carbons (Fsp3) is 0.360. The SMILES string of the molecule is O=C(Cc1ccc(-n2cccn2)cc1)Nc1ccc(N2CCOCC2)cc1N1CCOCC1. The lowest BCUT2D eigenvalue weighted by Gasteiger charge is -2.33. The molecule has 33 heavy (non-hydrogen) atoms. The van der Waals surface area contributed by atoms with Gasteiger partial charge in [-0.15, -0.1) is 0 Å². The Morgan fingerprint density at radius 1 is 0.879 bits per heavy atom. The Hall–Kier alpha value is -3.36. The molecule has 2 fully saturated rings. The van der Waals surface area contributed by atoms with Gasteiger partial charge in [-0.3, -0.25) is 4.79 Å². The molecule has 2 aliphatic rings. The predicted molar refractivity (Wildman–Crippen MR) is 128 cm³/mol. The molecule has 0 radical (unpaired) electrons. The van der Waals surface area contributed by atoms with E-state index in [1.165, 1.54) is 0 Å². The average molecular weight is 448 g/mol. The minimum atomic E-state index is -0.0320. The molecule has 3 heterocycles. The van der Waals surface area contributed by atoms with Crippen LogP contribution < -0.4 is 15.1 Å². The highest BCUT2D eigenvalue weighted by molar-refractivity contribution is 5.96. The Labute approximate surface area is 193 Å². The molecule has 172 valence electrons. The summed E-state index contributed by atoms with van der Waals surface area (Å²) in [7, 11) is 0. The van der Waals surface area contributed by atoms with Crippen LogP contribution in [0.4, 0.5) is 17.1 Å². The standard InChI is InChI=1S/C25H29N5O3/c31-25(18-20-2-4-21(5-3-20)30-9-1-8-26-30)27-23-7-6-22(28-10-14-32-15-11-28)19-24(23)29-12-16-33-17-13-29/h1-9,19H,10-18H2,(H,27,31). The van der Waals surface area contributed by atoms with E-state index >= 15 is 0 Å². The van der Waals surface area contributed by atoms with Gasteiger partial charge in [-0.1, -0.05) is 12.1 Å². The molecule has 8 heteroatoms. The molecule has 1 N–H and O–H groups in total. The first kappa shape index (κ1) is 21.5. The van der Waals surface area contributed by atoms with Gasteiger partial charge in [0.05, 0.1) is 49.9 Å². The van der Waals surface area contributed by atoms with Crippen LogP contribution in [0.5, 0.6) is 0 Å². The zero-order chi connectivity index (χ0) is 22.5. The van der Waals surface area contributed by atoms with Gasteiger partial charge in [0.25, 0.3) is 0 Å². The number of benzene rings is 2. The lowest BCUT2D eigenvalue weighted by atomic mass is 10.1. The van der Waals surface area contributed by atoms with Gasteiger partial charge in [0.15, 0.2) is 0 Å². The van der Waals surface area contributed by atoms with Gasteiger partial charge in [0, 0.05) is 44.3 Å². The molecule has 0 spiro atoms. The first-order valence-corrected chi connectivity index (χ1v) is 11.4. The molecular weight excluding hydrogens is 418 g/mol. The van der Waals surface area contributed by atoms with E-state index in [1.54, 1.807) is 10.9 Å². The maximum Gasteiger partial charge on any atom is 0.228 e. The van der Waals surface area contributed by atoms with Gasteiger partial charge in [-0.05, 0) is 42.0 Å². The highest BCUT2D eigenvalue weighted by atomic mass is 16.5. The molecule has 2 saturated heterocycles. The van der Waals surface area contributed by atoms with Crippen molar-refractivity contribution in [2.75, 3.05) is 67.7 Å². The number of aromatic nitrogens is 2. The zero-order valence-corrected chi connectivity index (χ0v) is 18.7. The quantitative estimate of drug-likeness (QED) is 0.627. The van der Waals surface area contributed by atoms with Crippen LogP contribution in [0.3, 0.4) is 0 Å². The van der Waals surface area contributed by atoms with E-state index in [-0.39, 0.29) is 5.91 Å². The summed E-state index contributed by atoms with van der Waals surface area (Å²) in [5, 5.41) is 7.39. The van der Waals surface area contributed by atoms with Crippen LogP contribution in [0.1, 0.15) is 5.56 Å². The van der Waals surface area contributed by atoms with Crippen LogP contribution in [-0.4, -0.2) is 68.3 Å². The molecule has 2 aliphatic heterocycles. The van der Waals surface area contributed by atoms with Crippen LogP contribution in [0.2, 0.25) is 0 Å². The van der Waals surface area contributed by atoms with Crippen molar-refractivity contribution in [1.82, 2.24) is 9.78 Å². The molecule has 0 bridgehead atoms. The molecule has 0 unspecified atom stereocenters. The smallest absolute Gasteiger partial charge is 0.228 e. The number of nitrogens with zero attached hydrogens (tertiary/aromatic N) is 4. The normalized spacial score (nSPS) is 16.6. The Morgan fingerprint density at radius 2 is 1.55 bits per heavy atom. The number of carbonyl (C=O) groups is 1. The van der Waals surface area contributed by atoms with E-state index < -0.39 is 0 Å². The number of hydrogen-bond acceptors (Lipinski definition) is 6. The topological polar surface area (TPSA) is 71.9 Å². The van der Waals surface area contributed by atoms with Gasteiger partial charge < -0.3 is 24.6 Å². The molecule has 8 nitrogen and oxygen atoms in total. The number of hydrogen-bond donors (Lipinski definition) is 1. The van der Waals surface area contributed by atoms with Crippen LogP contribution in [-0.2, 0) is 20.7 Å². The van der Waals surface area contributed by atoms with E-state index in [9.17, 15) is 4.79 Å². The van der Waals surface area contributed by atoms with Gasteiger partial charge in [-0.25, -0.2) is 4.68 Å². The Bertz CT molecular complexity index is 1060. The highest BCUT2D eigenvalue weighted by Crippen LogP contribution is 2.32. The minimum Gasteiger partial charge on any atom is -0.378 e. The summed E-state index contributed by atoms with van der Waals surface area (Å²) in [6.45, 7) is 6.24. The summed E-state index contributed by atoms with van der Waals surface area (Å²) in [6, 6.07) is 16.1. The summed E-state index contributed by atoms with van der Waals surface area (Å²) < 4.78 is 12.8. The summed E-state index contributed by atoms with van der Waals surface area (Å²) in [4.78, 5) is 17.5. The second-order valence-electron chi connectivity index (χ2n) is 8.24. The maximum absolute atomic E-state index is 12.9. The summed E-state index contributed by atoms with van der Waals surface area (Å²) in [5.74, 6) is -0.0320. The van der Waals surface area contributed by atoms with E-state index in [0.29, 0.717) is 19.6 Å². The monoisotopic (exact) mass is 447 g/mol. The molecule has 3 aromatic rings. The van der Waals surface area contributed by atoms with Gasteiger partial charge in [0.1, 0.15) is 0 Å². The number of rotatable bonds is 6. The minimum absolute atomic E-state index is 0.0320. The number of amides is 1. The van der Waals surface area contributed by atoms with E-state index in [0.717, 1.165) is 67.7 Å². The third-order valence-corrected chi connectivity index (χ3v) is 6.05. The fourth-order valence-corrected chi connectivity index (χ4v) is 4.28. The lowest BCUT2D eigenvalue weighted by Crippen LogP contribution is -2.38. The molecular formula is C25H29N5O3. The first-order valence-electron chi connectivity index (χ1n) is 11.4. The number of ether oxygens (including phenoxy) is 2. The number of carbonyl (C=O) groups excluding carboxylic acids is 1. The predicted octanol–water partition coefficient (Wildman–Crippen LogP) is 2.73. The average Bonchev–Trinajstić information content (AvgIpc) is 3.41. The second-order valence-corrected chi connectivity index (χ2v) is 8.24. The maximum atomic E-state index is 12.9. The molecule has 1 aromatic heterocycles. The van der Waals surface area contributed by atoms with Crippen molar-refractivity contribution in [3.8, 4) is 5.69 Å². The van der Waals surface area contributed by atoms with Gasteiger partial charge in [0.2, 0.25) is 5.91 Å². The molecule has 5 rings (SSSR count). The second kappa shape index (κ2) is 10.1. The van der Waals surface area contributed by atoms with E-state index in [1.807, 2.05) is 42.6 Å². The number of morpholine rings is 2. The molecule has 2 aromatic carbocycles. The Kier molecular flexibility index (Phi) is 6.55. The summed E-state index contributed by atoms with van der Waals surface area (Å²) >= 11 is 0. The van der Waals surface area contributed by atoms with E-state index in [4.69, 9.17) is 9.47 Å². The molecule has 0 aliphatic carbocycles. The van der Waals surface area contributed by atoms with Crippen molar-refractivity contribution in [1.29, 1.82) is 0 Å². The molecule has 1 amide bonds. The lowest BCUT2D eigenvalue weighted by molar-refractivity contribution is -0.115. The zero-order valence-electron chi connectivity index (χ0n) is 18.7.